The smallest absolute Gasteiger partial charge is 0.255 e. The average Bonchev–Trinajstić information content (AvgIpc) is 3.49. The second-order valence-corrected chi connectivity index (χ2v) is 8.04. The number of aromatic nitrogens is 5. The minimum absolute atomic E-state index is 0.0823. The van der Waals surface area contributed by atoms with Crippen LogP contribution in [0.3, 0.4) is 0 Å². The molecule has 10 heteroatoms. The van der Waals surface area contributed by atoms with Crippen molar-refractivity contribution < 1.29 is 9.90 Å². The number of hydrogen-bond donors (Lipinski definition) is 5. The van der Waals surface area contributed by atoms with Gasteiger partial charge in [-0.25, -0.2) is 9.97 Å². The molecule has 0 fully saturated rings. The fourth-order valence-corrected chi connectivity index (χ4v) is 3.99. The van der Waals surface area contributed by atoms with Crippen LogP contribution in [0, 0.1) is 0 Å². The highest BCUT2D eigenvalue weighted by atomic mass is 35.5. The summed E-state index contributed by atoms with van der Waals surface area (Å²) in [4.78, 5) is 42.1. The number of rotatable bonds is 6. The van der Waals surface area contributed by atoms with Gasteiger partial charge in [0.2, 0.25) is 0 Å². The number of phenols is 1. The highest BCUT2D eigenvalue weighted by Crippen LogP contribution is 2.36. The predicted molar refractivity (Wildman–Crippen MR) is 129 cm³/mol. The number of amides is 1. The molecule has 0 saturated carbocycles. The Kier molecular flexibility index (Phi) is 5.60. The number of nitrogens with zero attached hydrogens (tertiary/aromatic N) is 2. The lowest BCUT2D eigenvalue weighted by molar-refractivity contribution is 0.0954. The van der Waals surface area contributed by atoms with E-state index in [9.17, 15) is 14.7 Å². The second kappa shape index (κ2) is 8.87. The van der Waals surface area contributed by atoms with Gasteiger partial charge in [-0.3, -0.25) is 9.59 Å². The number of aromatic hydroxyl groups is 1. The number of carbonyl (C=O) groups excluding carboxylic acids is 1. The minimum atomic E-state index is -0.316. The molecule has 3 heterocycles. The van der Waals surface area contributed by atoms with Crippen molar-refractivity contribution in [2.24, 2.45) is 0 Å². The molecule has 2 aromatic carbocycles. The Bertz CT molecular complexity index is 1560. The molecule has 0 aliphatic rings. The van der Waals surface area contributed by atoms with E-state index in [1.165, 1.54) is 6.20 Å². The lowest BCUT2D eigenvalue weighted by atomic mass is 10.0. The molecule has 5 aromatic rings. The summed E-state index contributed by atoms with van der Waals surface area (Å²) in [5, 5.41) is 14.0. The van der Waals surface area contributed by atoms with Crippen molar-refractivity contribution in [2.75, 3.05) is 6.54 Å². The summed E-state index contributed by atoms with van der Waals surface area (Å²) in [6, 6.07) is 11.6. The minimum Gasteiger partial charge on any atom is -0.507 e. The summed E-state index contributed by atoms with van der Waals surface area (Å²) in [5.41, 5.74) is 3.17. The monoisotopic (exact) mass is 474 g/mol. The van der Waals surface area contributed by atoms with Crippen LogP contribution in [0.15, 0.2) is 66.0 Å². The molecule has 0 bridgehead atoms. The van der Waals surface area contributed by atoms with Gasteiger partial charge in [-0.2, -0.15) is 0 Å². The third kappa shape index (κ3) is 4.04. The van der Waals surface area contributed by atoms with Crippen LogP contribution in [0.5, 0.6) is 5.75 Å². The van der Waals surface area contributed by atoms with E-state index in [2.05, 4.69) is 30.2 Å². The normalized spacial score (nSPS) is 11.1. The Hall–Kier alpha value is -4.37. The zero-order valence-electron chi connectivity index (χ0n) is 17.7. The third-order valence-corrected chi connectivity index (χ3v) is 5.76. The maximum atomic E-state index is 12.7. The van der Waals surface area contributed by atoms with Crippen LogP contribution in [-0.2, 0) is 6.42 Å². The van der Waals surface area contributed by atoms with Crippen LogP contribution < -0.4 is 10.9 Å². The highest BCUT2D eigenvalue weighted by Gasteiger charge is 2.18. The Labute approximate surface area is 197 Å². The van der Waals surface area contributed by atoms with Gasteiger partial charge in [0, 0.05) is 36.6 Å². The molecule has 0 atom stereocenters. The summed E-state index contributed by atoms with van der Waals surface area (Å²) < 4.78 is 0. The predicted octanol–water partition coefficient (Wildman–Crippen LogP) is 3.64. The lowest BCUT2D eigenvalue weighted by Crippen LogP contribution is -2.26. The maximum absolute atomic E-state index is 12.7. The van der Waals surface area contributed by atoms with Gasteiger partial charge < -0.3 is 25.4 Å². The van der Waals surface area contributed by atoms with Gasteiger partial charge in [0.25, 0.3) is 11.5 Å². The largest absolute Gasteiger partial charge is 0.507 e. The van der Waals surface area contributed by atoms with E-state index in [0.717, 1.165) is 5.69 Å². The molecule has 0 spiro atoms. The first-order valence-corrected chi connectivity index (χ1v) is 10.8. The van der Waals surface area contributed by atoms with Crippen molar-refractivity contribution in [3.8, 4) is 28.3 Å². The van der Waals surface area contributed by atoms with Crippen LogP contribution in [0.1, 0.15) is 16.1 Å². The molecule has 1 amide bonds. The van der Waals surface area contributed by atoms with Crippen molar-refractivity contribution in [3.05, 3.63) is 87.8 Å². The van der Waals surface area contributed by atoms with Crippen molar-refractivity contribution in [2.45, 2.75) is 6.42 Å². The van der Waals surface area contributed by atoms with Crippen LogP contribution in [0.2, 0.25) is 5.02 Å². The lowest BCUT2D eigenvalue weighted by Gasteiger charge is -2.07. The first-order chi connectivity index (χ1) is 16.5. The number of para-hydroxylation sites is 1. The zero-order valence-corrected chi connectivity index (χ0v) is 18.5. The van der Waals surface area contributed by atoms with E-state index in [-0.39, 0.29) is 22.2 Å². The summed E-state index contributed by atoms with van der Waals surface area (Å²) in [6.45, 7) is 0.417. The number of benzene rings is 2. The first-order valence-electron chi connectivity index (χ1n) is 10.5. The zero-order chi connectivity index (χ0) is 23.7. The number of aromatic amines is 3. The molecule has 34 heavy (non-hydrogen) atoms. The standard InChI is InChI=1S/C24H19ClN6O3/c25-18-10-20-19(9-17(18)24(34)28-8-6-13-11-26-12-29-13)30-22(31-20)16-4-1-3-14(21(16)32)15-5-2-7-27-23(15)33/h1-5,7,9-12,32H,6,8H2,(H,26,29)(H,27,33)(H,28,34)(H,30,31). The second-order valence-electron chi connectivity index (χ2n) is 7.63. The van der Waals surface area contributed by atoms with Gasteiger partial charge in [-0.15, -0.1) is 0 Å². The molecule has 0 radical (unpaired) electrons. The number of pyridine rings is 1. The highest BCUT2D eigenvalue weighted by molar-refractivity contribution is 6.34. The number of carbonyl (C=O) groups is 1. The number of fused-ring (bicyclic) bond motifs is 1. The number of phenolic OH excluding ortho intramolecular Hbond substituents is 1. The SMILES string of the molecule is O=C(NCCc1cnc[nH]1)c1cc2nc(-c3cccc(-c4ccc[nH]c4=O)c3O)[nH]c2cc1Cl. The molecule has 3 aromatic heterocycles. The van der Waals surface area contributed by atoms with Crippen LogP contribution in [0.25, 0.3) is 33.5 Å². The molecule has 0 aliphatic carbocycles. The number of halogens is 1. The Morgan fingerprint density at radius 2 is 1.91 bits per heavy atom. The van der Waals surface area contributed by atoms with Gasteiger partial charge in [0.15, 0.2) is 0 Å². The molecule has 0 aliphatic heterocycles. The van der Waals surface area contributed by atoms with Crippen LogP contribution in [-0.4, -0.2) is 42.5 Å². The van der Waals surface area contributed by atoms with Crippen LogP contribution in [0.4, 0.5) is 0 Å². The number of hydrogen-bond acceptors (Lipinski definition) is 5. The molecular weight excluding hydrogens is 456 g/mol. The number of nitrogens with one attached hydrogen (secondary N) is 4. The average molecular weight is 475 g/mol. The Morgan fingerprint density at radius 3 is 2.71 bits per heavy atom. The van der Waals surface area contributed by atoms with Gasteiger partial charge in [0.05, 0.1) is 39.1 Å². The van der Waals surface area contributed by atoms with Gasteiger partial charge >= 0.3 is 0 Å². The van der Waals surface area contributed by atoms with E-state index in [1.54, 1.807) is 55.0 Å². The molecule has 0 saturated heterocycles. The van der Waals surface area contributed by atoms with E-state index < -0.39 is 0 Å². The van der Waals surface area contributed by atoms with E-state index in [0.29, 0.717) is 52.1 Å². The summed E-state index contributed by atoms with van der Waals surface area (Å²) >= 11 is 6.37. The fraction of sp³-hybridized carbons (Fsp3) is 0.0833. The molecule has 9 nitrogen and oxygen atoms in total. The topological polar surface area (TPSA) is 140 Å². The fourth-order valence-electron chi connectivity index (χ4n) is 3.74. The van der Waals surface area contributed by atoms with Crippen molar-refractivity contribution in [3.63, 3.8) is 0 Å². The molecule has 5 N–H and O–H groups in total. The van der Waals surface area contributed by atoms with Gasteiger partial charge in [-0.1, -0.05) is 23.7 Å². The van der Waals surface area contributed by atoms with Gasteiger partial charge in [0.1, 0.15) is 11.6 Å². The summed E-state index contributed by atoms with van der Waals surface area (Å²) in [6.07, 6.45) is 5.43. The van der Waals surface area contributed by atoms with Gasteiger partial charge in [-0.05, 0) is 30.3 Å². The quantitative estimate of drug-likeness (QED) is 0.255. The van der Waals surface area contributed by atoms with E-state index in [1.807, 2.05) is 0 Å². The third-order valence-electron chi connectivity index (χ3n) is 5.45. The maximum Gasteiger partial charge on any atom is 0.255 e. The van der Waals surface area contributed by atoms with Crippen LogP contribution >= 0.6 is 11.6 Å². The summed E-state index contributed by atoms with van der Waals surface area (Å²) in [5.74, 6) is -0.0141. The van der Waals surface area contributed by atoms with Crippen molar-refractivity contribution in [1.29, 1.82) is 0 Å². The number of H-pyrrole nitrogens is 3. The van der Waals surface area contributed by atoms with Crippen molar-refractivity contribution >= 4 is 28.5 Å². The molecule has 170 valence electrons. The molecule has 0 unspecified atom stereocenters. The Balaban J connectivity index is 1.45. The number of imidazole rings is 2. The van der Waals surface area contributed by atoms with Crippen molar-refractivity contribution in [1.82, 2.24) is 30.2 Å². The molecular formula is C24H19ClN6O3. The Morgan fingerprint density at radius 1 is 1.09 bits per heavy atom. The summed E-state index contributed by atoms with van der Waals surface area (Å²) in [7, 11) is 0. The molecule has 5 rings (SSSR count). The van der Waals surface area contributed by atoms with E-state index >= 15 is 0 Å². The first kappa shape index (κ1) is 21.5. The van der Waals surface area contributed by atoms with E-state index in [4.69, 9.17) is 11.6 Å².